The topological polar surface area (TPSA) is 55.3 Å². The molecule has 128 valence electrons. The predicted octanol–water partition coefficient (Wildman–Crippen LogP) is 4.36. The van der Waals surface area contributed by atoms with Crippen molar-refractivity contribution < 1.29 is 0 Å². The van der Waals surface area contributed by atoms with E-state index in [0.717, 1.165) is 50.8 Å². The minimum Gasteiger partial charge on any atom is -0.381 e. The van der Waals surface area contributed by atoms with Gasteiger partial charge in [0.15, 0.2) is 5.65 Å². The number of allylic oxidation sites excluding steroid dienone is 4. The van der Waals surface area contributed by atoms with E-state index in [0.29, 0.717) is 6.54 Å². The number of pyridine rings is 1. The Labute approximate surface area is 150 Å². The summed E-state index contributed by atoms with van der Waals surface area (Å²) in [5.41, 5.74) is 11.2. The number of fused-ring (bicyclic) bond motifs is 1. The second-order valence-electron chi connectivity index (χ2n) is 6.44. The zero-order chi connectivity index (χ0) is 17.3. The Morgan fingerprint density at radius 1 is 1.50 bits per heavy atom. The van der Waals surface area contributed by atoms with Gasteiger partial charge in [0.1, 0.15) is 0 Å². The lowest BCUT2D eigenvalue weighted by Crippen LogP contribution is -2.12. The van der Waals surface area contributed by atoms with Crippen LogP contribution in [-0.2, 0) is 6.54 Å². The number of nitrogens with two attached hydrogens (primary N) is 1. The molecule has 0 radical (unpaired) electrons. The number of hydrogen-bond acceptors (Lipinski definition) is 3. The molecule has 3 rings (SSSR count). The van der Waals surface area contributed by atoms with Crippen molar-refractivity contribution in [3.63, 3.8) is 0 Å². The van der Waals surface area contributed by atoms with Gasteiger partial charge in [0.2, 0.25) is 0 Å². The van der Waals surface area contributed by atoms with E-state index in [-0.39, 0.29) is 0 Å². The van der Waals surface area contributed by atoms with Gasteiger partial charge in [-0.25, -0.2) is 4.98 Å². The highest BCUT2D eigenvalue weighted by Crippen LogP contribution is 2.34. The van der Waals surface area contributed by atoms with Gasteiger partial charge in [-0.2, -0.15) is 0 Å². The molecule has 0 spiro atoms. The summed E-state index contributed by atoms with van der Waals surface area (Å²) in [4.78, 5) is 4.50. The van der Waals surface area contributed by atoms with Gasteiger partial charge >= 0.3 is 0 Å². The maximum Gasteiger partial charge on any atom is 0.160 e. The Bertz CT molecular complexity index is 814. The molecule has 2 aromatic heterocycles. The Morgan fingerprint density at radius 3 is 2.88 bits per heavy atom. The first-order valence-electron chi connectivity index (χ1n) is 8.24. The van der Waals surface area contributed by atoms with Gasteiger partial charge in [0.05, 0.1) is 5.69 Å². The number of anilines is 1. The monoisotopic (exact) mass is 362 g/mol. The van der Waals surface area contributed by atoms with Gasteiger partial charge in [-0.3, -0.25) is 0 Å². The molecule has 24 heavy (non-hydrogen) atoms. The molecule has 1 atom stereocenters. The zero-order valence-electron chi connectivity index (χ0n) is 14.1. The summed E-state index contributed by atoms with van der Waals surface area (Å²) in [5.74, 6) is 0.775. The van der Waals surface area contributed by atoms with Crippen LogP contribution < -0.4 is 11.1 Å². The number of aromatic nitrogens is 2. The van der Waals surface area contributed by atoms with Crippen molar-refractivity contribution in [2.24, 2.45) is 11.7 Å². The Hall–Kier alpha value is -1.35. The minimum absolute atomic E-state index is 0.441. The van der Waals surface area contributed by atoms with Crippen molar-refractivity contribution in [1.82, 2.24) is 9.38 Å². The molecule has 1 unspecified atom stereocenters. The summed E-state index contributed by atoms with van der Waals surface area (Å²) in [6.45, 7) is 5.46. The molecule has 0 saturated heterocycles. The number of nitrogens with one attached hydrogen (secondary N) is 1. The number of hydrogen-bond donors (Lipinski definition) is 2. The molecule has 4 nitrogen and oxygen atoms in total. The molecule has 1 aliphatic rings. The summed E-state index contributed by atoms with van der Waals surface area (Å²) in [5, 5.41) is 5.40. The van der Waals surface area contributed by atoms with Gasteiger partial charge in [0.25, 0.3) is 0 Å². The first-order valence-corrected chi connectivity index (χ1v) is 9.19. The van der Waals surface area contributed by atoms with E-state index in [2.05, 4.69) is 25.7 Å². The highest BCUT2D eigenvalue weighted by Gasteiger charge is 2.23. The van der Waals surface area contributed by atoms with Crippen molar-refractivity contribution in [2.75, 3.05) is 11.9 Å². The molecule has 1 fully saturated rings. The molecule has 3 N–H and O–H groups in total. The van der Waals surface area contributed by atoms with Crippen LogP contribution in [0.2, 0.25) is 0 Å². The van der Waals surface area contributed by atoms with Crippen LogP contribution in [0.4, 0.5) is 5.69 Å². The second-order valence-corrected chi connectivity index (χ2v) is 7.76. The highest BCUT2D eigenvalue weighted by atomic mass is 35.5. The van der Waals surface area contributed by atoms with Crippen LogP contribution >= 0.6 is 20.8 Å². The first kappa shape index (κ1) is 17.5. The van der Waals surface area contributed by atoms with E-state index in [1.54, 1.807) is 0 Å². The van der Waals surface area contributed by atoms with Gasteiger partial charge in [-0.1, -0.05) is 16.9 Å². The minimum atomic E-state index is 0.441. The average Bonchev–Trinajstić information content (AvgIpc) is 3.25. The summed E-state index contributed by atoms with van der Waals surface area (Å²) in [6, 6.07) is 0. The third-order valence-corrected chi connectivity index (χ3v) is 4.93. The summed E-state index contributed by atoms with van der Waals surface area (Å²) in [6.07, 6.45) is 10.4. The third kappa shape index (κ3) is 3.66. The first-order chi connectivity index (χ1) is 11.5. The van der Waals surface area contributed by atoms with Gasteiger partial charge in [0, 0.05) is 47.8 Å². The lowest BCUT2D eigenvalue weighted by atomic mass is 10.0. The largest absolute Gasteiger partial charge is 0.381 e. The molecule has 0 amide bonds. The SMILES string of the molecule is C/C(=C(Cl)\C=C(/C)P)c1cn2ccnc2c(NCC2CC2)c1CN. The fourth-order valence-electron chi connectivity index (χ4n) is 2.82. The van der Waals surface area contributed by atoms with Crippen molar-refractivity contribution in [2.45, 2.75) is 33.2 Å². The molecule has 6 heteroatoms. The van der Waals surface area contributed by atoms with Crippen LogP contribution in [0.5, 0.6) is 0 Å². The number of imidazole rings is 1. The average molecular weight is 363 g/mol. The molecule has 0 aliphatic heterocycles. The maximum absolute atomic E-state index is 6.51. The molecular weight excluding hydrogens is 339 g/mol. The predicted molar refractivity (Wildman–Crippen MR) is 106 cm³/mol. The Morgan fingerprint density at radius 2 is 2.25 bits per heavy atom. The Kier molecular flexibility index (Phi) is 5.29. The van der Waals surface area contributed by atoms with E-state index >= 15 is 0 Å². The molecule has 2 heterocycles. The molecule has 1 saturated carbocycles. The number of rotatable bonds is 6. The lowest BCUT2D eigenvalue weighted by Gasteiger charge is -2.18. The van der Waals surface area contributed by atoms with E-state index in [1.165, 1.54) is 12.8 Å². The van der Waals surface area contributed by atoms with E-state index < -0.39 is 0 Å². The molecule has 0 bridgehead atoms. The molecule has 2 aromatic rings. The van der Waals surface area contributed by atoms with Crippen molar-refractivity contribution >= 4 is 37.7 Å². The Balaban J connectivity index is 2.14. The summed E-state index contributed by atoms with van der Waals surface area (Å²) in [7, 11) is 2.66. The fraction of sp³-hybridized carbons (Fsp3) is 0.389. The highest BCUT2D eigenvalue weighted by molar-refractivity contribution is 7.22. The number of halogens is 1. The van der Waals surface area contributed by atoms with Gasteiger partial charge in [-0.05, 0) is 44.3 Å². The molecule has 1 aliphatic carbocycles. The van der Waals surface area contributed by atoms with Crippen molar-refractivity contribution in [3.05, 3.63) is 46.1 Å². The van der Waals surface area contributed by atoms with E-state index in [1.807, 2.05) is 36.7 Å². The lowest BCUT2D eigenvalue weighted by molar-refractivity contribution is 0.883. The van der Waals surface area contributed by atoms with E-state index in [9.17, 15) is 0 Å². The van der Waals surface area contributed by atoms with Crippen molar-refractivity contribution in [3.8, 4) is 0 Å². The van der Waals surface area contributed by atoms with Crippen LogP contribution in [0.3, 0.4) is 0 Å². The van der Waals surface area contributed by atoms with Crippen LogP contribution in [0, 0.1) is 5.92 Å². The number of nitrogens with zero attached hydrogens (tertiary/aromatic N) is 2. The second kappa shape index (κ2) is 7.26. The van der Waals surface area contributed by atoms with Gasteiger partial charge in [-0.15, -0.1) is 9.24 Å². The fourth-order valence-corrected chi connectivity index (χ4v) is 3.37. The van der Waals surface area contributed by atoms with Crippen LogP contribution in [0.25, 0.3) is 11.2 Å². The van der Waals surface area contributed by atoms with Gasteiger partial charge < -0.3 is 15.5 Å². The summed E-state index contributed by atoms with van der Waals surface area (Å²) < 4.78 is 2.04. The molecule has 0 aromatic carbocycles. The molecular formula is C18H24ClN4P. The van der Waals surface area contributed by atoms with Crippen LogP contribution in [-0.4, -0.2) is 15.9 Å². The normalized spacial score (nSPS) is 16.5. The van der Waals surface area contributed by atoms with Crippen molar-refractivity contribution in [1.29, 1.82) is 0 Å². The van der Waals surface area contributed by atoms with Crippen LogP contribution in [0.1, 0.15) is 37.8 Å². The quantitative estimate of drug-likeness (QED) is 0.593. The third-order valence-electron chi connectivity index (χ3n) is 4.37. The van der Waals surface area contributed by atoms with Crippen LogP contribution in [0.15, 0.2) is 35.0 Å². The summed E-state index contributed by atoms with van der Waals surface area (Å²) >= 11 is 6.51. The van der Waals surface area contributed by atoms with E-state index in [4.69, 9.17) is 17.3 Å². The smallest absolute Gasteiger partial charge is 0.160 e. The standard InChI is InChI=1S/C18H24ClN4P/c1-11(24)7-16(19)12(2)15-10-23-6-5-21-18(23)17(14(15)8-20)22-9-13-3-4-13/h5-7,10,13,22H,3-4,8-9,20,24H2,1-2H3/b11-7+,16-12-. The maximum atomic E-state index is 6.51. The zero-order valence-corrected chi connectivity index (χ0v) is 16.1.